The molecule has 138 valence electrons. The van der Waals surface area contributed by atoms with E-state index in [1.54, 1.807) is 12.3 Å². The Kier molecular flexibility index (Phi) is 5.65. The minimum absolute atomic E-state index is 0.0592. The van der Waals surface area contributed by atoms with Crippen LogP contribution in [0.2, 0.25) is 0 Å². The number of carboxylic acids is 1. The molecule has 1 saturated heterocycles. The van der Waals surface area contributed by atoms with Crippen LogP contribution in [-0.2, 0) is 22.6 Å². The quantitative estimate of drug-likeness (QED) is 0.860. The standard InChI is InChI=1S/C19H22FN3O3/c20-16-5-1-3-14(11-16)6-7-18(24)22-9-2-4-15(12-22)17-8-10-23(21-17)13-19(25)26/h1,3,5,8,10-11,15H,2,4,6-7,9,12-13H2,(H,25,26)/t15-/m1/s1. The summed E-state index contributed by atoms with van der Waals surface area (Å²) >= 11 is 0. The maximum Gasteiger partial charge on any atom is 0.325 e. The summed E-state index contributed by atoms with van der Waals surface area (Å²) < 4.78 is 14.6. The fourth-order valence-corrected chi connectivity index (χ4v) is 3.37. The van der Waals surface area contributed by atoms with Crippen molar-refractivity contribution in [2.24, 2.45) is 0 Å². The van der Waals surface area contributed by atoms with Gasteiger partial charge in [0.15, 0.2) is 0 Å². The number of carbonyl (C=O) groups excluding carboxylic acids is 1. The average molecular weight is 359 g/mol. The van der Waals surface area contributed by atoms with Crippen molar-refractivity contribution in [2.75, 3.05) is 13.1 Å². The summed E-state index contributed by atoms with van der Waals surface area (Å²) in [5, 5.41) is 13.2. The Balaban J connectivity index is 1.56. The van der Waals surface area contributed by atoms with E-state index < -0.39 is 5.97 Å². The van der Waals surface area contributed by atoms with Crippen molar-refractivity contribution in [3.05, 3.63) is 53.6 Å². The molecule has 1 aromatic heterocycles. The number of benzene rings is 1. The van der Waals surface area contributed by atoms with Gasteiger partial charge in [0.1, 0.15) is 12.4 Å². The van der Waals surface area contributed by atoms with Gasteiger partial charge in [-0.05, 0) is 43.0 Å². The summed E-state index contributed by atoms with van der Waals surface area (Å²) in [6.45, 7) is 1.14. The number of hydrogen-bond donors (Lipinski definition) is 1. The third-order valence-corrected chi connectivity index (χ3v) is 4.67. The first-order chi connectivity index (χ1) is 12.5. The van der Waals surface area contributed by atoms with Crippen LogP contribution in [-0.4, -0.2) is 44.8 Å². The van der Waals surface area contributed by atoms with Gasteiger partial charge in [-0.3, -0.25) is 14.3 Å². The number of amides is 1. The van der Waals surface area contributed by atoms with E-state index in [1.807, 2.05) is 17.0 Å². The molecule has 1 fully saturated rings. The normalized spacial score (nSPS) is 17.3. The number of aryl methyl sites for hydroxylation is 1. The molecule has 26 heavy (non-hydrogen) atoms. The molecule has 0 bridgehead atoms. The second kappa shape index (κ2) is 8.12. The maximum atomic E-state index is 13.2. The van der Waals surface area contributed by atoms with Gasteiger partial charge >= 0.3 is 5.97 Å². The Bertz CT molecular complexity index is 790. The van der Waals surface area contributed by atoms with Crippen LogP contribution in [0.25, 0.3) is 0 Å². The van der Waals surface area contributed by atoms with E-state index in [-0.39, 0.29) is 24.2 Å². The summed E-state index contributed by atoms with van der Waals surface area (Å²) in [6, 6.07) is 8.16. The second-order valence-corrected chi connectivity index (χ2v) is 6.64. The molecule has 0 saturated carbocycles. The number of likely N-dealkylation sites (tertiary alicyclic amines) is 1. The first-order valence-electron chi connectivity index (χ1n) is 8.78. The van der Waals surface area contributed by atoms with E-state index >= 15 is 0 Å². The Morgan fingerprint density at radius 1 is 1.31 bits per heavy atom. The molecule has 1 amide bonds. The third kappa shape index (κ3) is 4.68. The van der Waals surface area contributed by atoms with Gasteiger partial charge in [-0.1, -0.05) is 12.1 Å². The highest BCUT2D eigenvalue weighted by Gasteiger charge is 2.26. The average Bonchev–Trinajstić information content (AvgIpc) is 3.07. The predicted octanol–water partition coefficient (Wildman–Crippen LogP) is 2.45. The number of aromatic nitrogens is 2. The van der Waals surface area contributed by atoms with Crippen LogP contribution in [0, 0.1) is 5.82 Å². The zero-order chi connectivity index (χ0) is 18.5. The van der Waals surface area contributed by atoms with Gasteiger partial charge in [0.2, 0.25) is 5.91 Å². The summed E-state index contributed by atoms with van der Waals surface area (Å²) in [4.78, 5) is 25.1. The molecule has 1 aliphatic heterocycles. The SMILES string of the molecule is O=C(O)Cn1ccc([C@@H]2CCCN(C(=O)CCc3cccc(F)c3)C2)n1. The van der Waals surface area contributed by atoms with Crippen LogP contribution in [0.15, 0.2) is 36.5 Å². The fraction of sp³-hybridized carbons (Fsp3) is 0.421. The van der Waals surface area contributed by atoms with Gasteiger partial charge in [0.25, 0.3) is 0 Å². The van der Waals surface area contributed by atoms with Gasteiger partial charge in [0, 0.05) is 31.6 Å². The van der Waals surface area contributed by atoms with Crippen molar-refractivity contribution in [1.82, 2.24) is 14.7 Å². The van der Waals surface area contributed by atoms with Crippen LogP contribution in [0.4, 0.5) is 4.39 Å². The zero-order valence-electron chi connectivity index (χ0n) is 14.5. The second-order valence-electron chi connectivity index (χ2n) is 6.64. The molecule has 0 aliphatic carbocycles. The Hall–Kier alpha value is -2.70. The van der Waals surface area contributed by atoms with Gasteiger partial charge in [-0.2, -0.15) is 5.10 Å². The van der Waals surface area contributed by atoms with Crippen molar-refractivity contribution in [3.63, 3.8) is 0 Å². The van der Waals surface area contributed by atoms with Gasteiger partial charge in [0.05, 0.1) is 5.69 Å². The molecular weight excluding hydrogens is 337 g/mol. The monoisotopic (exact) mass is 359 g/mol. The van der Waals surface area contributed by atoms with Crippen LogP contribution in [0.3, 0.4) is 0 Å². The lowest BCUT2D eigenvalue weighted by Gasteiger charge is -2.32. The van der Waals surface area contributed by atoms with E-state index in [0.29, 0.717) is 25.9 Å². The number of rotatable bonds is 6. The molecule has 1 N–H and O–H groups in total. The van der Waals surface area contributed by atoms with Crippen molar-refractivity contribution in [1.29, 1.82) is 0 Å². The minimum Gasteiger partial charge on any atom is -0.480 e. The number of nitrogens with zero attached hydrogens (tertiary/aromatic N) is 3. The highest BCUT2D eigenvalue weighted by atomic mass is 19.1. The molecule has 0 unspecified atom stereocenters. The smallest absolute Gasteiger partial charge is 0.325 e. The van der Waals surface area contributed by atoms with Crippen LogP contribution < -0.4 is 0 Å². The fourth-order valence-electron chi connectivity index (χ4n) is 3.37. The molecule has 0 radical (unpaired) electrons. The molecule has 0 spiro atoms. The third-order valence-electron chi connectivity index (χ3n) is 4.67. The topological polar surface area (TPSA) is 75.4 Å². The van der Waals surface area contributed by atoms with Crippen molar-refractivity contribution in [2.45, 2.75) is 38.1 Å². The lowest BCUT2D eigenvalue weighted by molar-refractivity contribution is -0.138. The van der Waals surface area contributed by atoms with Crippen LogP contribution in [0.1, 0.15) is 36.4 Å². The molecular formula is C19H22FN3O3. The number of piperidine rings is 1. The number of carbonyl (C=O) groups is 2. The number of aliphatic carboxylic acids is 1. The van der Waals surface area contributed by atoms with E-state index in [2.05, 4.69) is 5.10 Å². The zero-order valence-corrected chi connectivity index (χ0v) is 14.5. The highest BCUT2D eigenvalue weighted by Crippen LogP contribution is 2.26. The summed E-state index contributed by atoms with van der Waals surface area (Å²) in [5.41, 5.74) is 1.65. The van der Waals surface area contributed by atoms with E-state index in [1.165, 1.54) is 16.8 Å². The van der Waals surface area contributed by atoms with Crippen LogP contribution >= 0.6 is 0 Å². The first kappa shape index (κ1) is 18.1. The van der Waals surface area contributed by atoms with Gasteiger partial charge in [-0.25, -0.2) is 4.39 Å². The number of hydrogen-bond acceptors (Lipinski definition) is 3. The Morgan fingerprint density at radius 2 is 2.15 bits per heavy atom. The molecule has 1 atom stereocenters. The lowest BCUT2D eigenvalue weighted by atomic mass is 9.94. The molecule has 3 rings (SSSR count). The first-order valence-corrected chi connectivity index (χ1v) is 8.78. The summed E-state index contributed by atoms with van der Waals surface area (Å²) in [7, 11) is 0. The predicted molar refractivity (Wildman–Crippen MR) is 93.1 cm³/mol. The van der Waals surface area contributed by atoms with Crippen LogP contribution in [0.5, 0.6) is 0 Å². The number of carboxylic acid groups (broad SMARTS) is 1. The molecule has 2 aromatic rings. The van der Waals surface area contributed by atoms with E-state index in [0.717, 1.165) is 24.1 Å². The molecule has 2 heterocycles. The molecule has 6 nitrogen and oxygen atoms in total. The Labute approximate surface area is 151 Å². The molecule has 1 aromatic carbocycles. The summed E-state index contributed by atoms with van der Waals surface area (Å²) in [5.74, 6) is -1.04. The van der Waals surface area contributed by atoms with Gasteiger partial charge in [-0.15, -0.1) is 0 Å². The highest BCUT2D eigenvalue weighted by molar-refractivity contribution is 5.76. The van der Waals surface area contributed by atoms with Crippen molar-refractivity contribution < 1.29 is 19.1 Å². The molecule has 1 aliphatic rings. The summed E-state index contributed by atoms with van der Waals surface area (Å²) in [6.07, 6.45) is 4.35. The largest absolute Gasteiger partial charge is 0.480 e. The Morgan fingerprint density at radius 3 is 2.92 bits per heavy atom. The van der Waals surface area contributed by atoms with E-state index in [4.69, 9.17) is 5.11 Å². The van der Waals surface area contributed by atoms with E-state index in [9.17, 15) is 14.0 Å². The van der Waals surface area contributed by atoms with Gasteiger partial charge < -0.3 is 10.0 Å². The maximum absolute atomic E-state index is 13.2. The minimum atomic E-state index is -0.933. The van der Waals surface area contributed by atoms with Crippen molar-refractivity contribution in [3.8, 4) is 0 Å². The number of halogens is 1. The van der Waals surface area contributed by atoms with Crippen molar-refractivity contribution >= 4 is 11.9 Å². The molecule has 7 heteroatoms. The lowest BCUT2D eigenvalue weighted by Crippen LogP contribution is -2.39.